The van der Waals surface area contributed by atoms with Crippen LogP contribution in [0.4, 0.5) is 13.2 Å². The Morgan fingerprint density at radius 3 is 2.55 bits per heavy atom. The largest absolute Gasteiger partial charge is 0.573 e. The van der Waals surface area contributed by atoms with Gasteiger partial charge in [-0.3, -0.25) is 0 Å². The summed E-state index contributed by atoms with van der Waals surface area (Å²) in [5, 5.41) is 3.02. The molecule has 126 valence electrons. The van der Waals surface area contributed by atoms with Gasteiger partial charge in [-0.05, 0) is 31.5 Å². The van der Waals surface area contributed by atoms with E-state index in [0.717, 1.165) is 25.1 Å². The minimum Gasteiger partial charge on any atom is -0.404 e. The third-order valence-electron chi connectivity index (χ3n) is 2.98. The first-order valence-electron chi connectivity index (χ1n) is 6.36. The number of hydrogen-bond donors (Lipinski definition) is 2. The fourth-order valence-electron chi connectivity index (χ4n) is 2.12. The molecule has 1 heterocycles. The standard InChI is InChI=1S/C12H15F3N2O3S.ClH/c13-12(14,15)20-10-5-1-2-6-11(10)21(18,19)17-9-4-3-7-16-8-9;/h1-2,5-6,9,16-17H,3-4,7-8H2;1H/t9-;/m0./s1. The topological polar surface area (TPSA) is 67.4 Å². The number of piperidine rings is 1. The van der Waals surface area contributed by atoms with Crippen molar-refractivity contribution < 1.29 is 26.3 Å². The molecule has 10 heteroatoms. The molecular weight excluding hydrogens is 345 g/mol. The normalized spacial score (nSPS) is 19.3. The average Bonchev–Trinajstić information content (AvgIpc) is 2.38. The summed E-state index contributed by atoms with van der Waals surface area (Å²) in [6.07, 6.45) is -3.51. The van der Waals surface area contributed by atoms with Crippen molar-refractivity contribution in [2.24, 2.45) is 0 Å². The van der Waals surface area contributed by atoms with Crippen molar-refractivity contribution in [2.75, 3.05) is 13.1 Å². The van der Waals surface area contributed by atoms with Crippen molar-refractivity contribution in [3.8, 4) is 5.75 Å². The van der Waals surface area contributed by atoms with E-state index in [2.05, 4.69) is 14.8 Å². The SMILES string of the molecule is Cl.O=S(=O)(N[C@H]1CCCNC1)c1ccccc1OC(F)(F)F. The predicted molar refractivity (Wildman–Crippen MR) is 76.6 cm³/mol. The summed E-state index contributed by atoms with van der Waals surface area (Å²) in [4.78, 5) is -0.520. The summed E-state index contributed by atoms with van der Waals surface area (Å²) in [5.41, 5.74) is 0. The fraction of sp³-hybridized carbons (Fsp3) is 0.500. The van der Waals surface area contributed by atoms with E-state index < -0.39 is 27.0 Å². The molecule has 0 spiro atoms. The van der Waals surface area contributed by atoms with Crippen molar-refractivity contribution in [3.05, 3.63) is 24.3 Å². The third kappa shape index (κ3) is 5.31. The number of sulfonamides is 1. The van der Waals surface area contributed by atoms with Gasteiger partial charge in [-0.15, -0.1) is 25.6 Å². The summed E-state index contributed by atoms with van der Waals surface area (Å²) in [6, 6.07) is 4.34. The monoisotopic (exact) mass is 360 g/mol. The number of benzene rings is 1. The Hall–Kier alpha value is -1.03. The minimum atomic E-state index is -4.95. The van der Waals surface area contributed by atoms with Gasteiger partial charge < -0.3 is 10.1 Å². The maximum absolute atomic E-state index is 12.3. The van der Waals surface area contributed by atoms with Crippen LogP contribution in [0.1, 0.15) is 12.8 Å². The molecule has 2 N–H and O–H groups in total. The Bertz CT molecular complexity index is 590. The van der Waals surface area contributed by atoms with Crippen molar-refractivity contribution in [1.29, 1.82) is 0 Å². The van der Waals surface area contributed by atoms with Crippen LogP contribution in [0, 0.1) is 0 Å². The van der Waals surface area contributed by atoms with E-state index in [4.69, 9.17) is 0 Å². The number of ether oxygens (including phenoxy) is 1. The van der Waals surface area contributed by atoms with Crippen LogP contribution in [0.15, 0.2) is 29.2 Å². The van der Waals surface area contributed by atoms with Crippen LogP contribution in [-0.4, -0.2) is 33.9 Å². The number of para-hydroxylation sites is 1. The summed E-state index contributed by atoms with van der Waals surface area (Å²) in [6.45, 7) is 1.24. The van der Waals surface area contributed by atoms with Gasteiger partial charge in [0.1, 0.15) is 10.6 Å². The number of rotatable bonds is 4. The minimum absolute atomic E-state index is 0. The summed E-state index contributed by atoms with van der Waals surface area (Å²) in [7, 11) is -4.08. The second-order valence-corrected chi connectivity index (χ2v) is 6.34. The number of nitrogens with one attached hydrogen (secondary N) is 2. The third-order valence-corrected chi connectivity index (χ3v) is 4.54. The first-order chi connectivity index (χ1) is 9.78. The molecule has 1 saturated heterocycles. The maximum Gasteiger partial charge on any atom is 0.573 e. The van der Waals surface area contributed by atoms with Crippen LogP contribution in [0.2, 0.25) is 0 Å². The molecule has 0 unspecified atom stereocenters. The van der Waals surface area contributed by atoms with E-state index in [0.29, 0.717) is 13.0 Å². The molecule has 22 heavy (non-hydrogen) atoms. The predicted octanol–water partition coefficient (Wildman–Crippen LogP) is 2.04. The number of hydrogen-bond acceptors (Lipinski definition) is 4. The number of halogens is 4. The Morgan fingerprint density at radius 2 is 1.95 bits per heavy atom. The molecule has 0 aromatic heterocycles. The Morgan fingerprint density at radius 1 is 1.27 bits per heavy atom. The molecule has 1 aromatic carbocycles. The molecule has 1 aliphatic heterocycles. The first kappa shape index (κ1) is 19.0. The fourth-order valence-corrected chi connectivity index (χ4v) is 3.52. The lowest BCUT2D eigenvalue weighted by atomic mass is 10.1. The molecule has 0 aliphatic carbocycles. The molecule has 1 aliphatic rings. The Balaban J connectivity index is 0.00000242. The molecule has 1 atom stereocenters. The maximum atomic E-state index is 12.3. The highest BCUT2D eigenvalue weighted by Gasteiger charge is 2.34. The highest BCUT2D eigenvalue weighted by atomic mass is 35.5. The van der Waals surface area contributed by atoms with Crippen LogP contribution in [-0.2, 0) is 10.0 Å². The van der Waals surface area contributed by atoms with Gasteiger partial charge in [-0.25, -0.2) is 13.1 Å². The van der Waals surface area contributed by atoms with Crippen LogP contribution in [0.5, 0.6) is 5.75 Å². The quantitative estimate of drug-likeness (QED) is 0.862. The lowest BCUT2D eigenvalue weighted by molar-refractivity contribution is -0.275. The van der Waals surface area contributed by atoms with Gasteiger partial charge in [0.2, 0.25) is 10.0 Å². The van der Waals surface area contributed by atoms with E-state index >= 15 is 0 Å². The molecule has 0 radical (unpaired) electrons. The van der Waals surface area contributed by atoms with Gasteiger partial charge in [0.25, 0.3) is 0 Å². The van der Waals surface area contributed by atoms with E-state index in [1.54, 1.807) is 0 Å². The van der Waals surface area contributed by atoms with E-state index in [1.807, 2.05) is 0 Å². The van der Waals surface area contributed by atoms with Crippen LogP contribution >= 0.6 is 12.4 Å². The summed E-state index contributed by atoms with van der Waals surface area (Å²) >= 11 is 0. The molecule has 5 nitrogen and oxygen atoms in total. The zero-order valence-corrected chi connectivity index (χ0v) is 13.0. The lowest BCUT2D eigenvalue weighted by Gasteiger charge is -2.24. The van der Waals surface area contributed by atoms with Gasteiger partial charge >= 0.3 is 6.36 Å². The highest BCUT2D eigenvalue weighted by Crippen LogP contribution is 2.29. The van der Waals surface area contributed by atoms with E-state index in [9.17, 15) is 21.6 Å². The smallest absolute Gasteiger partial charge is 0.404 e. The first-order valence-corrected chi connectivity index (χ1v) is 7.84. The molecule has 1 fully saturated rings. The van der Waals surface area contributed by atoms with Gasteiger partial charge in [-0.1, -0.05) is 12.1 Å². The lowest BCUT2D eigenvalue weighted by Crippen LogP contribution is -2.45. The molecule has 2 rings (SSSR count). The van der Waals surface area contributed by atoms with Gasteiger partial charge in [0.05, 0.1) is 0 Å². The summed E-state index contributed by atoms with van der Waals surface area (Å²) in [5.74, 6) is -0.735. The van der Waals surface area contributed by atoms with Crippen LogP contribution in [0.25, 0.3) is 0 Å². The molecule has 0 amide bonds. The van der Waals surface area contributed by atoms with Gasteiger partial charge in [0.15, 0.2) is 0 Å². The molecule has 1 aromatic rings. The van der Waals surface area contributed by atoms with E-state index in [-0.39, 0.29) is 18.4 Å². The molecule has 0 saturated carbocycles. The van der Waals surface area contributed by atoms with Crippen molar-refractivity contribution in [1.82, 2.24) is 10.0 Å². The zero-order valence-electron chi connectivity index (χ0n) is 11.4. The molecular formula is C12H16ClF3N2O3S. The van der Waals surface area contributed by atoms with Crippen molar-refractivity contribution in [2.45, 2.75) is 30.1 Å². The molecule has 0 bridgehead atoms. The number of alkyl halides is 3. The Kier molecular flexibility index (Phi) is 6.48. The average molecular weight is 361 g/mol. The second-order valence-electron chi connectivity index (χ2n) is 4.66. The summed E-state index contributed by atoms with van der Waals surface area (Å²) < 4.78 is 67.6. The van der Waals surface area contributed by atoms with Gasteiger partial charge in [0, 0.05) is 12.6 Å². The van der Waals surface area contributed by atoms with Crippen molar-refractivity contribution in [3.63, 3.8) is 0 Å². The second kappa shape index (κ2) is 7.49. The van der Waals surface area contributed by atoms with Crippen LogP contribution < -0.4 is 14.8 Å². The Labute approximate surface area is 132 Å². The highest BCUT2D eigenvalue weighted by molar-refractivity contribution is 7.89. The zero-order chi connectivity index (χ0) is 15.5. The van der Waals surface area contributed by atoms with Gasteiger partial charge in [-0.2, -0.15) is 0 Å². The van der Waals surface area contributed by atoms with Crippen LogP contribution in [0.3, 0.4) is 0 Å². The van der Waals surface area contributed by atoms with E-state index in [1.165, 1.54) is 12.1 Å². The van der Waals surface area contributed by atoms with Crippen molar-refractivity contribution >= 4 is 22.4 Å².